The van der Waals surface area contributed by atoms with Gasteiger partial charge in [-0.2, -0.15) is 0 Å². The summed E-state index contributed by atoms with van der Waals surface area (Å²) < 4.78 is 0. The Morgan fingerprint density at radius 3 is 2.63 bits per heavy atom. The Kier molecular flexibility index (Phi) is 4.75. The van der Waals surface area contributed by atoms with Crippen LogP contribution in [0.15, 0.2) is 48.7 Å². The topological polar surface area (TPSA) is 54.0 Å². The fourth-order valence-corrected chi connectivity index (χ4v) is 1.69. The molecular weight excluding hydrogens is 262 g/mol. The second-order valence-corrected chi connectivity index (χ2v) is 4.41. The molecule has 19 heavy (non-hydrogen) atoms. The van der Waals surface area contributed by atoms with Gasteiger partial charge in [-0.3, -0.25) is 5.32 Å². The molecule has 0 spiro atoms. The first kappa shape index (κ1) is 13.4. The lowest BCUT2D eigenvalue weighted by Gasteiger charge is -2.07. The summed E-state index contributed by atoms with van der Waals surface area (Å²) >= 11 is 5.71. The first-order valence-electron chi connectivity index (χ1n) is 5.94. The number of rotatable bonds is 4. The highest BCUT2D eigenvalue weighted by atomic mass is 35.5. The minimum atomic E-state index is -0.272. The number of nitrogens with zero attached hydrogens (tertiary/aromatic N) is 1. The van der Waals surface area contributed by atoms with E-state index in [1.807, 2.05) is 30.3 Å². The van der Waals surface area contributed by atoms with E-state index in [0.29, 0.717) is 17.4 Å². The molecule has 0 radical (unpaired) electrons. The Bertz CT molecular complexity index is 528. The van der Waals surface area contributed by atoms with Crippen molar-refractivity contribution in [1.29, 1.82) is 0 Å². The summed E-state index contributed by atoms with van der Waals surface area (Å²) in [6, 6.07) is 13.0. The highest BCUT2D eigenvalue weighted by molar-refractivity contribution is 6.30. The Morgan fingerprint density at radius 1 is 1.16 bits per heavy atom. The second-order valence-electron chi connectivity index (χ2n) is 3.98. The molecule has 98 valence electrons. The monoisotopic (exact) mass is 275 g/mol. The maximum absolute atomic E-state index is 11.6. The van der Waals surface area contributed by atoms with Gasteiger partial charge in [0.15, 0.2) is 0 Å². The maximum atomic E-state index is 11.6. The van der Waals surface area contributed by atoms with E-state index in [2.05, 4.69) is 15.6 Å². The zero-order valence-corrected chi connectivity index (χ0v) is 11.0. The summed E-state index contributed by atoms with van der Waals surface area (Å²) in [5.74, 6) is 0.474. The molecule has 2 amide bonds. The van der Waals surface area contributed by atoms with Crippen molar-refractivity contribution >= 4 is 23.4 Å². The van der Waals surface area contributed by atoms with Crippen molar-refractivity contribution in [2.24, 2.45) is 0 Å². The molecule has 1 aromatic heterocycles. The molecule has 2 N–H and O–H groups in total. The number of anilines is 1. The minimum absolute atomic E-state index is 0.272. The van der Waals surface area contributed by atoms with Crippen LogP contribution in [0.4, 0.5) is 10.6 Å². The van der Waals surface area contributed by atoms with Crippen molar-refractivity contribution in [3.63, 3.8) is 0 Å². The first-order chi connectivity index (χ1) is 9.24. The van der Waals surface area contributed by atoms with Crippen LogP contribution in [-0.4, -0.2) is 17.6 Å². The van der Waals surface area contributed by atoms with Gasteiger partial charge in [0, 0.05) is 12.7 Å². The molecule has 0 saturated heterocycles. The average molecular weight is 276 g/mol. The van der Waals surface area contributed by atoms with E-state index in [9.17, 15) is 4.79 Å². The van der Waals surface area contributed by atoms with Gasteiger partial charge in [0.25, 0.3) is 0 Å². The molecular formula is C14H14ClN3O. The lowest BCUT2D eigenvalue weighted by atomic mass is 10.1. The van der Waals surface area contributed by atoms with Gasteiger partial charge in [0.1, 0.15) is 5.82 Å². The van der Waals surface area contributed by atoms with Crippen molar-refractivity contribution in [2.75, 3.05) is 11.9 Å². The van der Waals surface area contributed by atoms with E-state index < -0.39 is 0 Å². The third-order valence-corrected chi connectivity index (χ3v) is 2.73. The quantitative estimate of drug-likeness (QED) is 0.901. The second kappa shape index (κ2) is 6.75. The first-order valence-corrected chi connectivity index (χ1v) is 6.32. The van der Waals surface area contributed by atoms with Crippen molar-refractivity contribution in [2.45, 2.75) is 6.42 Å². The van der Waals surface area contributed by atoms with Crippen LogP contribution in [0.5, 0.6) is 0 Å². The molecule has 0 aliphatic heterocycles. The molecule has 0 atom stereocenters. The summed E-state index contributed by atoms with van der Waals surface area (Å²) in [6.45, 7) is 0.573. The van der Waals surface area contributed by atoms with E-state index in [1.165, 1.54) is 11.8 Å². The predicted molar refractivity (Wildman–Crippen MR) is 76.4 cm³/mol. The molecule has 0 unspecified atom stereocenters. The molecule has 1 heterocycles. The van der Waals surface area contributed by atoms with E-state index in [-0.39, 0.29) is 6.03 Å². The highest BCUT2D eigenvalue weighted by Crippen LogP contribution is 2.09. The van der Waals surface area contributed by atoms with Gasteiger partial charge >= 0.3 is 6.03 Å². The van der Waals surface area contributed by atoms with Crippen LogP contribution in [0, 0.1) is 0 Å². The van der Waals surface area contributed by atoms with Crippen LogP contribution in [0.1, 0.15) is 5.56 Å². The number of nitrogens with one attached hydrogen (secondary N) is 2. The molecule has 5 heteroatoms. The van der Waals surface area contributed by atoms with Gasteiger partial charge in [-0.1, -0.05) is 41.9 Å². The largest absolute Gasteiger partial charge is 0.337 e. The van der Waals surface area contributed by atoms with Gasteiger partial charge in [0.2, 0.25) is 0 Å². The van der Waals surface area contributed by atoms with Crippen LogP contribution in [-0.2, 0) is 6.42 Å². The summed E-state index contributed by atoms with van der Waals surface area (Å²) in [7, 11) is 0. The van der Waals surface area contributed by atoms with Gasteiger partial charge in [-0.25, -0.2) is 9.78 Å². The number of halogens is 1. The van der Waals surface area contributed by atoms with E-state index in [4.69, 9.17) is 11.6 Å². The molecule has 0 saturated carbocycles. The number of hydrogen-bond donors (Lipinski definition) is 2. The summed E-state index contributed by atoms with van der Waals surface area (Å²) in [4.78, 5) is 15.6. The van der Waals surface area contributed by atoms with Crippen LogP contribution in [0.3, 0.4) is 0 Å². The number of pyridine rings is 1. The van der Waals surface area contributed by atoms with Crippen molar-refractivity contribution in [1.82, 2.24) is 10.3 Å². The molecule has 0 aliphatic carbocycles. The predicted octanol–water partition coefficient (Wildman–Crippen LogP) is 3.10. The van der Waals surface area contributed by atoms with Crippen LogP contribution >= 0.6 is 11.6 Å². The number of benzene rings is 1. The summed E-state index contributed by atoms with van der Waals surface area (Å²) in [5, 5.41) is 5.94. The van der Waals surface area contributed by atoms with Crippen LogP contribution in [0.2, 0.25) is 5.02 Å². The lowest BCUT2D eigenvalue weighted by molar-refractivity contribution is 0.252. The van der Waals surface area contributed by atoms with Crippen LogP contribution < -0.4 is 10.6 Å². The zero-order chi connectivity index (χ0) is 13.5. The van der Waals surface area contributed by atoms with E-state index in [0.717, 1.165) is 6.42 Å². The van der Waals surface area contributed by atoms with Crippen molar-refractivity contribution in [3.8, 4) is 0 Å². The highest BCUT2D eigenvalue weighted by Gasteiger charge is 2.01. The van der Waals surface area contributed by atoms with Crippen LogP contribution in [0.25, 0.3) is 0 Å². The Hall–Kier alpha value is -2.07. The van der Waals surface area contributed by atoms with Gasteiger partial charge in [-0.05, 0) is 24.1 Å². The number of carbonyl (C=O) groups is 1. The normalized spacial score (nSPS) is 9.95. The van der Waals surface area contributed by atoms with Gasteiger partial charge < -0.3 is 5.32 Å². The van der Waals surface area contributed by atoms with E-state index >= 15 is 0 Å². The lowest BCUT2D eigenvalue weighted by Crippen LogP contribution is -2.30. The van der Waals surface area contributed by atoms with Gasteiger partial charge in [-0.15, -0.1) is 0 Å². The standard InChI is InChI=1S/C14H14ClN3O/c15-12-6-7-13(17-10-12)18-14(19)16-9-8-11-4-2-1-3-5-11/h1-7,10H,8-9H2,(H2,16,17,18,19). The Morgan fingerprint density at radius 2 is 1.95 bits per heavy atom. The van der Waals surface area contributed by atoms with Crippen molar-refractivity contribution in [3.05, 3.63) is 59.2 Å². The average Bonchev–Trinajstić information content (AvgIpc) is 2.43. The maximum Gasteiger partial charge on any atom is 0.320 e. The Balaban J connectivity index is 1.74. The third kappa shape index (κ3) is 4.60. The molecule has 2 aromatic rings. The SMILES string of the molecule is O=C(NCCc1ccccc1)Nc1ccc(Cl)cn1. The molecule has 0 fully saturated rings. The van der Waals surface area contributed by atoms with Crippen molar-refractivity contribution < 1.29 is 4.79 Å². The zero-order valence-electron chi connectivity index (χ0n) is 10.3. The fraction of sp³-hybridized carbons (Fsp3) is 0.143. The number of hydrogen-bond acceptors (Lipinski definition) is 2. The van der Waals surface area contributed by atoms with E-state index in [1.54, 1.807) is 12.1 Å². The molecule has 0 bridgehead atoms. The number of aromatic nitrogens is 1. The molecule has 1 aromatic carbocycles. The number of urea groups is 1. The van der Waals surface area contributed by atoms with Gasteiger partial charge in [0.05, 0.1) is 5.02 Å². The number of carbonyl (C=O) groups excluding carboxylic acids is 1. The summed E-state index contributed by atoms with van der Waals surface area (Å²) in [6.07, 6.45) is 2.28. The Labute approximate surface area is 116 Å². The summed E-state index contributed by atoms with van der Waals surface area (Å²) in [5.41, 5.74) is 1.19. The minimum Gasteiger partial charge on any atom is -0.337 e. The fourth-order valence-electron chi connectivity index (χ4n) is 1.58. The number of amides is 2. The smallest absolute Gasteiger partial charge is 0.320 e. The molecule has 4 nitrogen and oxygen atoms in total. The third-order valence-electron chi connectivity index (χ3n) is 2.51. The molecule has 2 rings (SSSR count). The molecule has 0 aliphatic rings.